The van der Waals surface area contributed by atoms with E-state index in [2.05, 4.69) is 5.32 Å². The number of likely N-dealkylation sites (N-methyl/N-ethyl adjacent to an activating group) is 1. The van der Waals surface area contributed by atoms with Crippen LogP contribution in [0.25, 0.3) is 6.08 Å². The fourth-order valence-electron chi connectivity index (χ4n) is 1.50. The van der Waals surface area contributed by atoms with Gasteiger partial charge in [0.25, 0.3) is 11.8 Å². The summed E-state index contributed by atoms with van der Waals surface area (Å²) in [6, 6.07) is 2.56. The van der Waals surface area contributed by atoms with E-state index < -0.39 is 17.8 Å². The van der Waals surface area contributed by atoms with Crippen LogP contribution in [0, 0.1) is 0 Å². The van der Waals surface area contributed by atoms with Gasteiger partial charge >= 0.3 is 6.03 Å². The van der Waals surface area contributed by atoms with Crippen molar-refractivity contribution in [1.29, 1.82) is 0 Å². The van der Waals surface area contributed by atoms with Crippen molar-refractivity contribution in [1.82, 2.24) is 10.2 Å². The Morgan fingerprint density at radius 3 is 2.76 bits per heavy atom. The third-order valence-corrected chi connectivity index (χ3v) is 2.33. The number of nitrogens with one attached hydrogen (secondary N) is 1. The monoisotopic (exact) mass is 234 g/mol. The van der Waals surface area contributed by atoms with Gasteiger partial charge in [-0.15, -0.1) is 0 Å². The van der Waals surface area contributed by atoms with E-state index in [9.17, 15) is 14.4 Å². The van der Waals surface area contributed by atoms with Crippen molar-refractivity contribution in [3.63, 3.8) is 0 Å². The number of nitrogens with zero attached hydrogens (tertiary/aromatic N) is 1. The molecule has 1 aliphatic heterocycles. The number of amides is 4. The van der Waals surface area contributed by atoms with Gasteiger partial charge in [0.05, 0.1) is 6.26 Å². The van der Waals surface area contributed by atoms with Crippen molar-refractivity contribution in [2.45, 2.75) is 6.92 Å². The predicted octanol–water partition coefficient (Wildman–Crippen LogP) is 0.761. The van der Waals surface area contributed by atoms with E-state index in [1.54, 1.807) is 19.1 Å². The molecule has 0 saturated carbocycles. The van der Waals surface area contributed by atoms with Crippen molar-refractivity contribution in [3.05, 3.63) is 29.7 Å². The maximum Gasteiger partial charge on any atom is 0.331 e. The molecule has 6 nitrogen and oxygen atoms in total. The number of rotatable bonds is 2. The minimum Gasteiger partial charge on any atom is -0.465 e. The predicted molar refractivity (Wildman–Crippen MR) is 57.6 cm³/mol. The Hall–Kier alpha value is -2.37. The van der Waals surface area contributed by atoms with Crippen LogP contribution in [0.2, 0.25) is 0 Å². The number of carbonyl (C=O) groups excluding carboxylic acids is 3. The van der Waals surface area contributed by atoms with Crippen LogP contribution in [0.1, 0.15) is 12.7 Å². The zero-order valence-corrected chi connectivity index (χ0v) is 9.10. The molecule has 0 aliphatic carbocycles. The minimum absolute atomic E-state index is 0.110. The van der Waals surface area contributed by atoms with Crippen molar-refractivity contribution in [2.75, 3.05) is 6.54 Å². The average Bonchev–Trinajstić information content (AvgIpc) is 2.77. The Balaban J connectivity index is 2.36. The molecule has 88 valence electrons. The summed E-state index contributed by atoms with van der Waals surface area (Å²) in [4.78, 5) is 35.6. The Morgan fingerprint density at radius 1 is 1.41 bits per heavy atom. The van der Waals surface area contributed by atoms with Gasteiger partial charge in [0.15, 0.2) is 0 Å². The molecule has 6 heteroatoms. The van der Waals surface area contributed by atoms with Gasteiger partial charge in [0, 0.05) is 6.54 Å². The summed E-state index contributed by atoms with van der Waals surface area (Å²) >= 11 is 0. The van der Waals surface area contributed by atoms with E-state index in [-0.39, 0.29) is 12.1 Å². The summed E-state index contributed by atoms with van der Waals surface area (Å²) in [6.45, 7) is 1.85. The number of hydrogen-bond donors (Lipinski definition) is 1. The molecule has 2 heterocycles. The second-order valence-electron chi connectivity index (χ2n) is 3.38. The molecule has 0 radical (unpaired) electrons. The van der Waals surface area contributed by atoms with Crippen LogP contribution >= 0.6 is 0 Å². The largest absolute Gasteiger partial charge is 0.465 e. The fraction of sp³-hybridized carbons (Fsp3) is 0.182. The van der Waals surface area contributed by atoms with Crippen LogP contribution in [0.3, 0.4) is 0 Å². The molecular formula is C11H10N2O4. The molecule has 0 spiro atoms. The maximum atomic E-state index is 11.8. The van der Waals surface area contributed by atoms with Gasteiger partial charge in [-0.25, -0.2) is 4.79 Å². The highest BCUT2D eigenvalue weighted by Crippen LogP contribution is 2.14. The Labute approximate surface area is 96.9 Å². The van der Waals surface area contributed by atoms with E-state index >= 15 is 0 Å². The molecular weight excluding hydrogens is 224 g/mol. The van der Waals surface area contributed by atoms with Crippen LogP contribution in [0.5, 0.6) is 0 Å². The molecule has 4 amide bonds. The Bertz CT molecular complexity index is 502. The highest BCUT2D eigenvalue weighted by molar-refractivity contribution is 6.30. The van der Waals surface area contributed by atoms with Gasteiger partial charge in [-0.1, -0.05) is 0 Å². The molecule has 1 N–H and O–H groups in total. The van der Waals surface area contributed by atoms with E-state index in [1.165, 1.54) is 12.3 Å². The summed E-state index contributed by atoms with van der Waals surface area (Å²) in [7, 11) is 0. The quantitative estimate of drug-likeness (QED) is 0.605. The second kappa shape index (κ2) is 4.25. The van der Waals surface area contributed by atoms with Crippen LogP contribution in [-0.4, -0.2) is 29.3 Å². The molecule has 1 saturated heterocycles. The van der Waals surface area contributed by atoms with Crippen LogP contribution in [-0.2, 0) is 9.59 Å². The molecule has 0 unspecified atom stereocenters. The van der Waals surface area contributed by atoms with Crippen LogP contribution in [0.15, 0.2) is 28.4 Å². The normalized spacial score (nSPS) is 18.8. The van der Waals surface area contributed by atoms with E-state index in [1.807, 2.05) is 0 Å². The fourth-order valence-corrected chi connectivity index (χ4v) is 1.50. The van der Waals surface area contributed by atoms with Crippen LogP contribution in [0.4, 0.5) is 4.79 Å². The third-order valence-electron chi connectivity index (χ3n) is 2.33. The summed E-state index contributed by atoms with van der Waals surface area (Å²) in [6.07, 6.45) is 2.74. The standard InChI is InChI=1S/C11H10N2O4/c1-2-13-10(15)8(9(14)12-11(13)16)6-7-4-3-5-17-7/h3-6H,2H2,1H3,(H,12,14,16)/b8-6+. The molecule has 0 bridgehead atoms. The molecule has 1 aromatic rings. The van der Waals surface area contributed by atoms with E-state index in [0.717, 1.165) is 4.90 Å². The number of furan rings is 1. The Morgan fingerprint density at radius 2 is 2.18 bits per heavy atom. The SMILES string of the molecule is CCN1C(=O)NC(=O)/C(=C\c2ccco2)C1=O. The molecule has 17 heavy (non-hydrogen) atoms. The van der Waals surface area contributed by atoms with Crippen molar-refractivity contribution >= 4 is 23.9 Å². The molecule has 0 atom stereocenters. The summed E-state index contributed by atoms with van der Waals surface area (Å²) < 4.78 is 5.02. The smallest absolute Gasteiger partial charge is 0.331 e. The lowest BCUT2D eigenvalue weighted by atomic mass is 10.1. The lowest BCUT2D eigenvalue weighted by molar-refractivity contribution is -0.129. The van der Waals surface area contributed by atoms with E-state index in [0.29, 0.717) is 5.76 Å². The summed E-state index contributed by atoms with van der Waals surface area (Å²) in [5.41, 5.74) is -0.110. The summed E-state index contributed by atoms with van der Waals surface area (Å²) in [5.74, 6) is -0.937. The molecule has 0 aromatic carbocycles. The van der Waals surface area contributed by atoms with Gasteiger partial charge in [-0.05, 0) is 25.1 Å². The highest BCUT2D eigenvalue weighted by atomic mass is 16.3. The molecule has 1 aromatic heterocycles. The first-order chi connectivity index (χ1) is 8.13. The molecule has 1 aliphatic rings. The van der Waals surface area contributed by atoms with Gasteiger partial charge < -0.3 is 4.42 Å². The minimum atomic E-state index is -0.707. The lowest BCUT2D eigenvalue weighted by Crippen LogP contribution is -2.53. The van der Waals surface area contributed by atoms with Crippen molar-refractivity contribution < 1.29 is 18.8 Å². The number of carbonyl (C=O) groups is 3. The first-order valence-electron chi connectivity index (χ1n) is 5.06. The third kappa shape index (κ3) is 1.96. The lowest BCUT2D eigenvalue weighted by Gasteiger charge is -2.24. The van der Waals surface area contributed by atoms with Gasteiger partial charge in [0.2, 0.25) is 0 Å². The second-order valence-corrected chi connectivity index (χ2v) is 3.38. The number of imide groups is 2. The van der Waals surface area contributed by atoms with Crippen molar-refractivity contribution in [2.24, 2.45) is 0 Å². The average molecular weight is 234 g/mol. The van der Waals surface area contributed by atoms with Crippen molar-refractivity contribution in [3.8, 4) is 0 Å². The number of barbiturate groups is 1. The number of urea groups is 1. The molecule has 2 rings (SSSR count). The number of hydrogen-bond acceptors (Lipinski definition) is 4. The van der Waals surface area contributed by atoms with Gasteiger partial charge in [-0.2, -0.15) is 0 Å². The van der Waals surface area contributed by atoms with E-state index in [4.69, 9.17) is 4.42 Å². The summed E-state index contributed by atoms with van der Waals surface area (Å²) in [5, 5.41) is 2.09. The first kappa shape index (κ1) is 11.1. The van der Waals surface area contributed by atoms with Gasteiger partial charge in [-0.3, -0.25) is 19.8 Å². The Kier molecular flexibility index (Phi) is 2.78. The highest BCUT2D eigenvalue weighted by Gasteiger charge is 2.34. The zero-order chi connectivity index (χ0) is 12.4. The van der Waals surface area contributed by atoms with Gasteiger partial charge in [0.1, 0.15) is 11.3 Å². The maximum absolute atomic E-state index is 11.8. The zero-order valence-electron chi connectivity index (χ0n) is 9.10. The van der Waals surface area contributed by atoms with Crippen LogP contribution < -0.4 is 5.32 Å². The molecule has 1 fully saturated rings. The first-order valence-corrected chi connectivity index (χ1v) is 5.06. The topological polar surface area (TPSA) is 79.6 Å².